The summed E-state index contributed by atoms with van der Waals surface area (Å²) in [6.07, 6.45) is 6.36. The molecule has 2 N–H and O–H groups in total. The molecule has 1 amide bonds. The molecule has 1 aromatic heterocycles. The molecule has 2 rings (SSSR count). The number of nitrogens with zero attached hydrogens (tertiary/aromatic N) is 1. The third kappa shape index (κ3) is 3.31. The molecule has 86 valence electrons. The van der Waals surface area contributed by atoms with Gasteiger partial charge in [0.05, 0.1) is 0 Å². The summed E-state index contributed by atoms with van der Waals surface area (Å²) in [6, 6.07) is 4.19. The minimum Gasteiger partial charge on any atom is -0.352 e. The maximum absolute atomic E-state index is 11.6. The molecule has 2 heterocycles. The molecule has 1 unspecified atom stereocenters. The van der Waals surface area contributed by atoms with E-state index >= 15 is 0 Å². The van der Waals surface area contributed by atoms with Crippen molar-refractivity contribution < 1.29 is 4.79 Å². The number of carbonyl (C=O) groups excluding carboxylic acids is 1. The van der Waals surface area contributed by atoms with Crippen LogP contribution in [0.15, 0.2) is 24.5 Å². The highest BCUT2D eigenvalue weighted by Gasteiger charge is 2.17. The number of pyridine rings is 1. The van der Waals surface area contributed by atoms with E-state index in [1.807, 2.05) is 12.1 Å². The second-order valence-electron chi connectivity index (χ2n) is 4.13. The van der Waals surface area contributed by atoms with Crippen LogP contribution in [0, 0.1) is 0 Å². The lowest BCUT2D eigenvalue weighted by molar-refractivity contribution is -0.121. The smallest absolute Gasteiger partial charge is 0.221 e. The van der Waals surface area contributed by atoms with Crippen LogP contribution >= 0.6 is 0 Å². The second kappa shape index (κ2) is 5.61. The van der Waals surface area contributed by atoms with Crippen molar-refractivity contribution in [2.24, 2.45) is 0 Å². The maximum atomic E-state index is 11.6. The van der Waals surface area contributed by atoms with Crippen molar-refractivity contribution >= 4 is 5.91 Å². The number of rotatable bonds is 4. The summed E-state index contributed by atoms with van der Waals surface area (Å²) >= 11 is 0. The molecule has 0 aliphatic carbocycles. The minimum atomic E-state index is 0.121. The first-order valence-electron chi connectivity index (χ1n) is 5.73. The Kier molecular flexibility index (Phi) is 3.88. The molecule has 0 radical (unpaired) electrons. The molecule has 1 aliphatic heterocycles. The van der Waals surface area contributed by atoms with E-state index < -0.39 is 0 Å². The van der Waals surface area contributed by atoms with E-state index in [1.54, 1.807) is 12.4 Å². The SMILES string of the molecule is O=C(CC1CCCN1)NCc1ccncc1. The maximum Gasteiger partial charge on any atom is 0.221 e. The zero-order valence-corrected chi connectivity index (χ0v) is 9.28. The third-order valence-corrected chi connectivity index (χ3v) is 2.83. The Morgan fingerprint density at radius 2 is 2.31 bits per heavy atom. The van der Waals surface area contributed by atoms with E-state index in [0.29, 0.717) is 19.0 Å². The van der Waals surface area contributed by atoms with Crippen LogP contribution in [-0.2, 0) is 11.3 Å². The molecular weight excluding hydrogens is 202 g/mol. The van der Waals surface area contributed by atoms with E-state index in [4.69, 9.17) is 0 Å². The van der Waals surface area contributed by atoms with Gasteiger partial charge in [-0.1, -0.05) is 0 Å². The van der Waals surface area contributed by atoms with Crippen molar-refractivity contribution in [2.45, 2.75) is 31.8 Å². The molecule has 0 aromatic carbocycles. The van der Waals surface area contributed by atoms with Gasteiger partial charge in [0.15, 0.2) is 0 Å². The topological polar surface area (TPSA) is 54.0 Å². The fourth-order valence-electron chi connectivity index (χ4n) is 1.93. The van der Waals surface area contributed by atoms with Crippen molar-refractivity contribution in [2.75, 3.05) is 6.54 Å². The summed E-state index contributed by atoms with van der Waals surface area (Å²) in [5.74, 6) is 0.121. The summed E-state index contributed by atoms with van der Waals surface area (Å²) in [5.41, 5.74) is 1.09. The highest BCUT2D eigenvalue weighted by molar-refractivity contribution is 5.76. The van der Waals surface area contributed by atoms with Gasteiger partial charge in [0.25, 0.3) is 0 Å². The van der Waals surface area contributed by atoms with E-state index in [9.17, 15) is 4.79 Å². The Morgan fingerprint density at radius 3 is 3.00 bits per heavy atom. The zero-order chi connectivity index (χ0) is 11.2. The van der Waals surface area contributed by atoms with Crippen molar-refractivity contribution in [1.82, 2.24) is 15.6 Å². The van der Waals surface area contributed by atoms with Crippen LogP contribution in [0.1, 0.15) is 24.8 Å². The Balaban J connectivity index is 1.71. The molecule has 0 saturated carbocycles. The lowest BCUT2D eigenvalue weighted by atomic mass is 10.1. The van der Waals surface area contributed by atoms with Crippen molar-refractivity contribution in [3.8, 4) is 0 Å². The number of nitrogens with one attached hydrogen (secondary N) is 2. The van der Waals surface area contributed by atoms with Gasteiger partial charge in [0, 0.05) is 31.4 Å². The van der Waals surface area contributed by atoms with Crippen LogP contribution in [0.4, 0.5) is 0 Å². The summed E-state index contributed by atoms with van der Waals surface area (Å²) in [5, 5.41) is 6.23. The largest absolute Gasteiger partial charge is 0.352 e. The monoisotopic (exact) mass is 219 g/mol. The van der Waals surface area contributed by atoms with Gasteiger partial charge in [-0.15, -0.1) is 0 Å². The fourth-order valence-corrected chi connectivity index (χ4v) is 1.93. The van der Waals surface area contributed by atoms with Crippen molar-refractivity contribution in [1.29, 1.82) is 0 Å². The number of carbonyl (C=O) groups is 1. The van der Waals surface area contributed by atoms with Gasteiger partial charge in [-0.05, 0) is 37.1 Å². The number of aromatic nitrogens is 1. The first-order valence-corrected chi connectivity index (χ1v) is 5.73. The molecule has 1 fully saturated rings. The fraction of sp³-hybridized carbons (Fsp3) is 0.500. The molecule has 4 nitrogen and oxygen atoms in total. The molecule has 1 aromatic rings. The summed E-state index contributed by atoms with van der Waals surface area (Å²) in [7, 11) is 0. The van der Waals surface area contributed by atoms with Crippen LogP contribution < -0.4 is 10.6 Å². The Labute approximate surface area is 95.5 Å². The summed E-state index contributed by atoms with van der Waals surface area (Å²) in [4.78, 5) is 15.5. The second-order valence-corrected chi connectivity index (χ2v) is 4.13. The first kappa shape index (κ1) is 11.1. The van der Waals surface area contributed by atoms with Crippen LogP contribution in [0.25, 0.3) is 0 Å². The number of hydrogen-bond acceptors (Lipinski definition) is 3. The average Bonchev–Trinajstić information content (AvgIpc) is 2.81. The molecule has 1 atom stereocenters. The standard InChI is InChI=1S/C12H17N3O/c16-12(8-11-2-1-5-14-11)15-9-10-3-6-13-7-4-10/h3-4,6-7,11,14H,1-2,5,8-9H2,(H,15,16). The van der Waals surface area contributed by atoms with Crippen molar-refractivity contribution in [3.05, 3.63) is 30.1 Å². The van der Waals surface area contributed by atoms with E-state index in [-0.39, 0.29) is 5.91 Å². The lowest BCUT2D eigenvalue weighted by Gasteiger charge is -2.10. The minimum absolute atomic E-state index is 0.121. The van der Waals surface area contributed by atoms with Gasteiger partial charge in [-0.3, -0.25) is 9.78 Å². The normalized spacial score (nSPS) is 19.6. The van der Waals surface area contributed by atoms with Crippen LogP contribution in [-0.4, -0.2) is 23.5 Å². The van der Waals surface area contributed by atoms with Crippen molar-refractivity contribution in [3.63, 3.8) is 0 Å². The highest BCUT2D eigenvalue weighted by atomic mass is 16.1. The van der Waals surface area contributed by atoms with Gasteiger partial charge < -0.3 is 10.6 Å². The van der Waals surface area contributed by atoms with Gasteiger partial charge in [-0.2, -0.15) is 0 Å². The highest BCUT2D eigenvalue weighted by Crippen LogP contribution is 2.08. The van der Waals surface area contributed by atoms with Gasteiger partial charge in [0.2, 0.25) is 5.91 Å². The van der Waals surface area contributed by atoms with Gasteiger partial charge in [-0.25, -0.2) is 0 Å². The van der Waals surface area contributed by atoms with E-state index in [2.05, 4.69) is 15.6 Å². The van der Waals surface area contributed by atoms with Crippen LogP contribution in [0.5, 0.6) is 0 Å². The number of hydrogen-bond donors (Lipinski definition) is 2. The van der Waals surface area contributed by atoms with E-state index in [0.717, 1.165) is 18.5 Å². The van der Waals surface area contributed by atoms with Crippen LogP contribution in [0.3, 0.4) is 0 Å². The molecule has 0 spiro atoms. The summed E-state index contributed by atoms with van der Waals surface area (Å²) in [6.45, 7) is 1.64. The van der Waals surface area contributed by atoms with E-state index in [1.165, 1.54) is 6.42 Å². The Morgan fingerprint density at radius 1 is 1.50 bits per heavy atom. The molecule has 1 saturated heterocycles. The zero-order valence-electron chi connectivity index (χ0n) is 9.28. The molecule has 0 bridgehead atoms. The lowest BCUT2D eigenvalue weighted by Crippen LogP contribution is -2.31. The molecule has 4 heteroatoms. The predicted molar refractivity (Wildman–Crippen MR) is 61.7 cm³/mol. The van der Waals surface area contributed by atoms with Gasteiger partial charge >= 0.3 is 0 Å². The molecule has 16 heavy (non-hydrogen) atoms. The quantitative estimate of drug-likeness (QED) is 0.789. The number of amides is 1. The Bertz CT molecular complexity index is 333. The van der Waals surface area contributed by atoms with Crippen LogP contribution in [0.2, 0.25) is 0 Å². The average molecular weight is 219 g/mol. The first-order chi connectivity index (χ1) is 7.84. The Hall–Kier alpha value is -1.42. The van der Waals surface area contributed by atoms with Gasteiger partial charge in [0.1, 0.15) is 0 Å². The summed E-state index contributed by atoms with van der Waals surface area (Å²) < 4.78 is 0. The predicted octanol–water partition coefficient (Wildman–Crippen LogP) is 0.840. The molecule has 1 aliphatic rings. The molecular formula is C12H17N3O. The third-order valence-electron chi connectivity index (χ3n) is 2.83.